The molecular formula is C13H22N2O3. The molecule has 0 fully saturated rings. The number of nitrogens with two attached hydrogens (primary N) is 1. The number of rotatable bonds is 7. The number of nitrogen functional groups attached to an aromatic ring is 1. The third kappa shape index (κ3) is 4.09. The molecule has 5 heteroatoms. The summed E-state index contributed by atoms with van der Waals surface area (Å²) in [6.07, 6.45) is 0.0479. The maximum absolute atomic E-state index is 9.01. The Morgan fingerprint density at radius 1 is 1.22 bits per heavy atom. The van der Waals surface area contributed by atoms with E-state index in [0.717, 1.165) is 5.69 Å². The molecule has 0 saturated heterocycles. The van der Waals surface area contributed by atoms with E-state index in [9.17, 15) is 0 Å². The SMILES string of the molecule is CC(C)Oc1cc(N(CCO)CCO)ccc1N. The topological polar surface area (TPSA) is 79.0 Å². The smallest absolute Gasteiger partial charge is 0.144 e. The second kappa shape index (κ2) is 7.08. The average Bonchev–Trinajstić information content (AvgIpc) is 2.31. The molecule has 0 saturated carbocycles. The van der Waals surface area contributed by atoms with Crippen LogP contribution in [0.25, 0.3) is 0 Å². The third-order valence-corrected chi connectivity index (χ3v) is 2.46. The van der Waals surface area contributed by atoms with Crippen LogP contribution < -0.4 is 15.4 Å². The number of anilines is 2. The van der Waals surface area contributed by atoms with Crippen molar-refractivity contribution in [3.05, 3.63) is 18.2 Å². The molecule has 0 aliphatic rings. The second-order valence-electron chi connectivity index (χ2n) is 4.32. The van der Waals surface area contributed by atoms with Crippen LogP contribution >= 0.6 is 0 Å². The van der Waals surface area contributed by atoms with Crippen molar-refractivity contribution < 1.29 is 14.9 Å². The minimum absolute atomic E-state index is 0.0325. The lowest BCUT2D eigenvalue weighted by Crippen LogP contribution is -2.29. The Bertz CT molecular complexity index is 363. The van der Waals surface area contributed by atoms with Crippen molar-refractivity contribution in [1.82, 2.24) is 0 Å². The summed E-state index contributed by atoms with van der Waals surface area (Å²) in [6, 6.07) is 5.46. The molecular weight excluding hydrogens is 232 g/mol. The molecule has 1 rings (SSSR count). The Labute approximate surface area is 108 Å². The van der Waals surface area contributed by atoms with E-state index < -0.39 is 0 Å². The molecule has 0 aliphatic heterocycles. The highest BCUT2D eigenvalue weighted by atomic mass is 16.5. The van der Waals surface area contributed by atoms with Gasteiger partial charge in [-0.05, 0) is 26.0 Å². The maximum Gasteiger partial charge on any atom is 0.144 e. The van der Waals surface area contributed by atoms with Crippen LogP contribution in [0.15, 0.2) is 18.2 Å². The first-order chi connectivity index (χ1) is 8.58. The van der Waals surface area contributed by atoms with Crippen LogP contribution in [-0.4, -0.2) is 42.6 Å². The molecule has 18 heavy (non-hydrogen) atoms. The van der Waals surface area contributed by atoms with E-state index in [-0.39, 0.29) is 19.3 Å². The van der Waals surface area contributed by atoms with Gasteiger partial charge in [0.1, 0.15) is 5.75 Å². The van der Waals surface area contributed by atoms with E-state index >= 15 is 0 Å². The van der Waals surface area contributed by atoms with Gasteiger partial charge < -0.3 is 25.6 Å². The average molecular weight is 254 g/mol. The lowest BCUT2D eigenvalue weighted by atomic mass is 10.2. The van der Waals surface area contributed by atoms with Crippen LogP contribution in [0.3, 0.4) is 0 Å². The third-order valence-electron chi connectivity index (χ3n) is 2.46. The van der Waals surface area contributed by atoms with Gasteiger partial charge in [0.25, 0.3) is 0 Å². The van der Waals surface area contributed by atoms with Gasteiger partial charge in [0.15, 0.2) is 0 Å². The number of benzene rings is 1. The van der Waals surface area contributed by atoms with Crippen molar-refractivity contribution in [2.45, 2.75) is 20.0 Å². The maximum atomic E-state index is 9.01. The van der Waals surface area contributed by atoms with Crippen molar-refractivity contribution in [2.75, 3.05) is 36.9 Å². The van der Waals surface area contributed by atoms with Gasteiger partial charge >= 0.3 is 0 Å². The zero-order valence-corrected chi connectivity index (χ0v) is 11.0. The summed E-state index contributed by atoms with van der Waals surface area (Å²) in [7, 11) is 0. The fourth-order valence-electron chi connectivity index (χ4n) is 1.69. The second-order valence-corrected chi connectivity index (χ2v) is 4.32. The summed E-state index contributed by atoms with van der Waals surface area (Å²) in [4.78, 5) is 1.88. The first-order valence-corrected chi connectivity index (χ1v) is 6.11. The van der Waals surface area contributed by atoms with Crippen LogP contribution in [0.1, 0.15) is 13.8 Å². The van der Waals surface area contributed by atoms with Crippen molar-refractivity contribution >= 4 is 11.4 Å². The van der Waals surface area contributed by atoms with Crippen LogP contribution in [-0.2, 0) is 0 Å². The van der Waals surface area contributed by atoms with E-state index in [1.165, 1.54) is 0 Å². The summed E-state index contributed by atoms with van der Waals surface area (Å²) in [5.74, 6) is 0.628. The van der Waals surface area contributed by atoms with E-state index in [1.54, 1.807) is 6.07 Å². The highest BCUT2D eigenvalue weighted by molar-refractivity contribution is 5.62. The first kappa shape index (κ1) is 14.6. The number of aliphatic hydroxyl groups excluding tert-OH is 2. The van der Waals surface area contributed by atoms with Crippen molar-refractivity contribution in [1.29, 1.82) is 0 Å². The van der Waals surface area contributed by atoms with Crippen LogP contribution in [0, 0.1) is 0 Å². The number of hydrogen-bond donors (Lipinski definition) is 3. The Balaban J connectivity index is 2.93. The van der Waals surface area contributed by atoms with E-state index in [4.69, 9.17) is 20.7 Å². The lowest BCUT2D eigenvalue weighted by Gasteiger charge is -2.24. The van der Waals surface area contributed by atoms with Crippen molar-refractivity contribution in [2.24, 2.45) is 0 Å². The molecule has 0 amide bonds. The van der Waals surface area contributed by atoms with Gasteiger partial charge in [-0.1, -0.05) is 0 Å². The molecule has 5 nitrogen and oxygen atoms in total. The van der Waals surface area contributed by atoms with E-state index in [2.05, 4.69) is 0 Å². The van der Waals surface area contributed by atoms with Crippen molar-refractivity contribution in [3.63, 3.8) is 0 Å². The molecule has 0 aromatic heterocycles. The number of ether oxygens (including phenoxy) is 1. The molecule has 1 aromatic carbocycles. The zero-order valence-electron chi connectivity index (χ0n) is 11.0. The first-order valence-electron chi connectivity index (χ1n) is 6.11. The fourth-order valence-corrected chi connectivity index (χ4v) is 1.69. The van der Waals surface area contributed by atoms with Crippen LogP contribution in [0.2, 0.25) is 0 Å². The van der Waals surface area contributed by atoms with E-state index in [0.29, 0.717) is 24.5 Å². The summed E-state index contributed by atoms with van der Waals surface area (Å²) in [5, 5.41) is 18.0. The highest BCUT2D eigenvalue weighted by Gasteiger charge is 2.09. The summed E-state index contributed by atoms with van der Waals surface area (Å²) >= 11 is 0. The minimum Gasteiger partial charge on any atom is -0.489 e. The molecule has 0 unspecified atom stereocenters. The molecule has 0 heterocycles. The molecule has 102 valence electrons. The minimum atomic E-state index is 0.0325. The summed E-state index contributed by atoms with van der Waals surface area (Å²) in [6.45, 7) is 4.86. The van der Waals surface area contributed by atoms with Gasteiger partial charge in [0.2, 0.25) is 0 Å². The number of nitrogens with zero attached hydrogens (tertiary/aromatic N) is 1. The van der Waals surface area contributed by atoms with Crippen LogP contribution in [0.4, 0.5) is 11.4 Å². The zero-order chi connectivity index (χ0) is 13.5. The molecule has 0 spiro atoms. The summed E-state index contributed by atoms with van der Waals surface area (Å²) < 4.78 is 5.62. The van der Waals surface area contributed by atoms with E-state index in [1.807, 2.05) is 30.9 Å². The van der Waals surface area contributed by atoms with Crippen LogP contribution in [0.5, 0.6) is 5.75 Å². The lowest BCUT2D eigenvalue weighted by molar-refractivity contribution is 0.243. The standard InChI is InChI=1S/C13H22N2O3/c1-10(2)18-13-9-11(3-4-12(13)14)15(5-7-16)6-8-17/h3-4,9-10,16-17H,5-8,14H2,1-2H3. The van der Waals surface area contributed by atoms with Crippen molar-refractivity contribution in [3.8, 4) is 5.75 Å². The fraction of sp³-hybridized carbons (Fsp3) is 0.538. The predicted molar refractivity (Wildman–Crippen MR) is 73.0 cm³/mol. The van der Waals surface area contributed by atoms with Gasteiger partial charge in [-0.3, -0.25) is 0 Å². The monoisotopic (exact) mass is 254 g/mol. The molecule has 1 aromatic rings. The molecule has 0 aliphatic carbocycles. The normalized spacial score (nSPS) is 10.7. The molecule has 0 bridgehead atoms. The summed E-state index contributed by atoms with van der Waals surface area (Å²) in [5.41, 5.74) is 7.30. The van der Waals surface area contributed by atoms with Gasteiger partial charge in [0.05, 0.1) is 25.0 Å². The Morgan fingerprint density at radius 3 is 2.33 bits per heavy atom. The molecule has 4 N–H and O–H groups in total. The predicted octanol–water partition coefficient (Wildman–Crippen LogP) is 0.847. The molecule has 0 atom stereocenters. The highest BCUT2D eigenvalue weighted by Crippen LogP contribution is 2.28. The van der Waals surface area contributed by atoms with Gasteiger partial charge in [-0.15, -0.1) is 0 Å². The van der Waals surface area contributed by atoms with Gasteiger partial charge in [-0.25, -0.2) is 0 Å². The number of hydrogen-bond acceptors (Lipinski definition) is 5. The quantitative estimate of drug-likeness (QED) is 0.629. The largest absolute Gasteiger partial charge is 0.489 e. The Morgan fingerprint density at radius 2 is 1.83 bits per heavy atom. The van der Waals surface area contributed by atoms with Gasteiger partial charge in [-0.2, -0.15) is 0 Å². The number of aliphatic hydroxyl groups is 2. The van der Waals surface area contributed by atoms with Gasteiger partial charge in [0, 0.05) is 24.8 Å². The Hall–Kier alpha value is -1.46. The Kier molecular flexibility index (Phi) is 5.74. The molecule has 0 radical (unpaired) electrons.